The summed E-state index contributed by atoms with van der Waals surface area (Å²) in [5.41, 5.74) is 6.20. The standard InChI is InChI=1S/C14H20N2O2.ClH/c1-10(15)13(18)16-9-14(7-8-14)12(17)11-5-3-2-4-6-11;/h2-6,10,12,17H,7-9,15H2,1H3,(H,16,18);1H. The summed E-state index contributed by atoms with van der Waals surface area (Å²) in [4.78, 5) is 11.5. The number of halogens is 1. The van der Waals surface area contributed by atoms with Crippen molar-refractivity contribution < 1.29 is 9.90 Å². The van der Waals surface area contributed by atoms with E-state index in [4.69, 9.17) is 5.73 Å². The van der Waals surface area contributed by atoms with Crippen LogP contribution in [0.3, 0.4) is 0 Å². The summed E-state index contributed by atoms with van der Waals surface area (Å²) in [6.07, 6.45) is 1.34. The normalized spacial score (nSPS) is 18.9. The van der Waals surface area contributed by atoms with Crippen LogP contribution in [0.2, 0.25) is 0 Å². The van der Waals surface area contributed by atoms with Gasteiger partial charge in [0.25, 0.3) is 0 Å². The number of hydrogen-bond acceptors (Lipinski definition) is 3. The SMILES string of the molecule is CC(N)C(=O)NCC1(C(O)c2ccccc2)CC1.Cl. The number of rotatable bonds is 5. The minimum atomic E-state index is -0.521. The monoisotopic (exact) mass is 284 g/mol. The summed E-state index contributed by atoms with van der Waals surface area (Å²) >= 11 is 0. The van der Waals surface area contributed by atoms with Gasteiger partial charge in [-0.05, 0) is 25.3 Å². The van der Waals surface area contributed by atoms with E-state index in [1.54, 1.807) is 6.92 Å². The Kier molecular flexibility index (Phi) is 5.35. The fourth-order valence-electron chi connectivity index (χ4n) is 2.12. The molecule has 1 fully saturated rings. The van der Waals surface area contributed by atoms with E-state index in [0.29, 0.717) is 6.54 Å². The van der Waals surface area contributed by atoms with E-state index in [0.717, 1.165) is 18.4 Å². The molecule has 0 saturated heterocycles. The Bertz CT molecular complexity index is 419. The molecule has 19 heavy (non-hydrogen) atoms. The van der Waals surface area contributed by atoms with Crippen molar-refractivity contribution in [2.24, 2.45) is 11.1 Å². The third kappa shape index (κ3) is 3.69. The molecule has 5 heteroatoms. The molecular weight excluding hydrogens is 264 g/mol. The first-order valence-electron chi connectivity index (χ1n) is 6.31. The predicted octanol–water partition coefficient (Wildman–Crippen LogP) is 1.39. The quantitative estimate of drug-likeness (QED) is 0.765. The van der Waals surface area contributed by atoms with Gasteiger partial charge in [-0.3, -0.25) is 4.79 Å². The maximum atomic E-state index is 11.5. The number of nitrogens with one attached hydrogen (secondary N) is 1. The molecule has 1 amide bonds. The van der Waals surface area contributed by atoms with Crippen LogP contribution in [-0.2, 0) is 4.79 Å². The second-order valence-electron chi connectivity index (χ2n) is 5.18. The maximum absolute atomic E-state index is 11.5. The van der Waals surface area contributed by atoms with Crippen LogP contribution in [0.4, 0.5) is 0 Å². The number of carbonyl (C=O) groups is 1. The number of benzene rings is 1. The van der Waals surface area contributed by atoms with E-state index in [1.807, 2.05) is 30.3 Å². The Balaban J connectivity index is 0.00000180. The molecule has 0 heterocycles. The van der Waals surface area contributed by atoms with Crippen LogP contribution in [0, 0.1) is 5.41 Å². The van der Waals surface area contributed by atoms with Crippen molar-refractivity contribution >= 4 is 18.3 Å². The van der Waals surface area contributed by atoms with Crippen molar-refractivity contribution in [3.63, 3.8) is 0 Å². The van der Waals surface area contributed by atoms with Crippen LogP contribution in [-0.4, -0.2) is 23.6 Å². The van der Waals surface area contributed by atoms with Gasteiger partial charge in [0.15, 0.2) is 0 Å². The first-order valence-corrected chi connectivity index (χ1v) is 6.31. The van der Waals surface area contributed by atoms with E-state index in [9.17, 15) is 9.90 Å². The number of aliphatic hydroxyl groups excluding tert-OH is 1. The Morgan fingerprint density at radius 2 is 2.00 bits per heavy atom. The summed E-state index contributed by atoms with van der Waals surface area (Å²) < 4.78 is 0. The van der Waals surface area contributed by atoms with Gasteiger partial charge < -0.3 is 16.2 Å². The molecule has 2 atom stereocenters. The van der Waals surface area contributed by atoms with Crippen LogP contribution < -0.4 is 11.1 Å². The van der Waals surface area contributed by atoms with Crippen molar-refractivity contribution in [2.75, 3.05) is 6.54 Å². The molecule has 4 nitrogen and oxygen atoms in total. The van der Waals surface area contributed by atoms with Crippen LogP contribution in [0.15, 0.2) is 30.3 Å². The lowest BCUT2D eigenvalue weighted by molar-refractivity contribution is -0.122. The van der Waals surface area contributed by atoms with Gasteiger partial charge in [-0.1, -0.05) is 30.3 Å². The van der Waals surface area contributed by atoms with Gasteiger partial charge in [-0.2, -0.15) is 0 Å². The molecule has 1 saturated carbocycles. The van der Waals surface area contributed by atoms with E-state index in [1.165, 1.54) is 0 Å². The lowest BCUT2D eigenvalue weighted by atomic mass is 9.92. The van der Waals surface area contributed by atoms with Crippen LogP contribution in [0.5, 0.6) is 0 Å². The third-order valence-corrected chi connectivity index (χ3v) is 3.62. The minimum Gasteiger partial charge on any atom is -0.388 e. The van der Waals surface area contributed by atoms with Gasteiger partial charge in [0.05, 0.1) is 12.1 Å². The van der Waals surface area contributed by atoms with E-state index in [-0.39, 0.29) is 23.7 Å². The highest BCUT2D eigenvalue weighted by Gasteiger charge is 2.49. The van der Waals surface area contributed by atoms with Gasteiger partial charge >= 0.3 is 0 Å². The zero-order valence-electron chi connectivity index (χ0n) is 11.0. The number of aliphatic hydroxyl groups is 1. The van der Waals surface area contributed by atoms with Gasteiger partial charge in [0, 0.05) is 12.0 Å². The number of amides is 1. The summed E-state index contributed by atoms with van der Waals surface area (Å²) in [6, 6.07) is 9.07. The minimum absolute atomic E-state index is 0. The van der Waals surface area contributed by atoms with Crippen molar-refractivity contribution in [3.05, 3.63) is 35.9 Å². The number of nitrogens with two attached hydrogens (primary N) is 1. The number of hydrogen-bond donors (Lipinski definition) is 3. The molecule has 1 aliphatic carbocycles. The Hall–Kier alpha value is -1.10. The van der Waals surface area contributed by atoms with Crippen molar-refractivity contribution in [3.8, 4) is 0 Å². The van der Waals surface area contributed by atoms with Crippen molar-refractivity contribution in [1.29, 1.82) is 0 Å². The molecule has 2 rings (SSSR count). The first kappa shape index (κ1) is 16.0. The molecule has 4 N–H and O–H groups in total. The van der Waals surface area contributed by atoms with E-state index >= 15 is 0 Å². The maximum Gasteiger partial charge on any atom is 0.236 e. The molecule has 1 aliphatic rings. The Morgan fingerprint density at radius 1 is 1.42 bits per heavy atom. The molecular formula is C14H21ClN2O2. The van der Waals surface area contributed by atoms with E-state index < -0.39 is 12.1 Å². The molecule has 0 aromatic heterocycles. The fourth-order valence-corrected chi connectivity index (χ4v) is 2.12. The summed E-state index contributed by atoms with van der Waals surface area (Å²) in [6.45, 7) is 2.14. The van der Waals surface area contributed by atoms with Crippen molar-refractivity contribution in [1.82, 2.24) is 5.32 Å². The topological polar surface area (TPSA) is 75.4 Å². The highest BCUT2D eigenvalue weighted by atomic mass is 35.5. The van der Waals surface area contributed by atoms with Crippen LogP contribution in [0.25, 0.3) is 0 Å². The second-order valence-corrected chi connectivity index (χ2v) is 5.18. The van der Waals surface area contributed by atoms with Gasteiger partial charge in [0.2, 0.25) is 5.91 Å². The van der Waals surface area contributed by atoms with Crippen molar-refractivity contribution in [2.45, 2.75) is 31.9 Å². The zero-order valence-corrected chi connectivity index (χ0v) is 11.8. The molecule has 1 aromatic carbocycles. The average molecular weight is 285 g/mol. The molecule has 0 bridgehead atoms. The second kappa shape index (κ2) is 6.37. The van der Waals surface area contributed by atoms with Gasteiger partial charge in [-0.25, -0.2) is 0 Å². The molecule has 2 unspecified atom stereocenters. The molecule has 1 aromatic rings. The summed E-state index contributed by atoms with van der Waals surface area (Å²) in [5.74, 6) is -0.165. The zero-order chi connectivity index (χ0) is 13.2. The van der Waals surface area contributed by atoms with Crippen LogP contribution >= 0.6 is 12.4 Å². The highest BCUT2D eigenvalue weighted by Crippen LogP contribution is 2.54. The van der Waals surface area contributed by atoms with Gasteiger partial charge in [-0.15, -0.1) is 12.4 Å². The summed E-state index contributed by atoms with van der Waals surface area (Å²) in [7, 11) is 0. The molecule has 0 spiro atoms. The van der Waals surface area contributed by atoms with Gasteiger partial charge in [0.1, 0.15) is 0 Å². The fraction of sp³-hybridized carbons (Fsp3) is 0.500. The lowest BCUT2D eigenvalue weighted by Crippen LogP contribution is -2.42. The molecule has 0 radical (unpaired) electrons. The molecule has 0 aliphatic heterocycles. The van der Waals surface area contributed by atoms with Crippen LogP contribution in [0.1, 0.15) is 31.4 Å². The largest absolute Gasteiger partial charge is 0.388 e. The number of carbonyl (C=O) groups excluding carboxylic acids is 1. The molecule has 106 valence electrons. The predicted molar refractivity (Wildman–Crippen MR) is 77.0 cm³/mol. The lowest BCUT2D eigenvalue weighted by Gasteiger charge is -2.23. The Labute approximate surface area is 119 Å². The van der Waals surface area contributed by atoms with E-state index in [2.05, 4.69) is 5.32 Å². The smallest absolute Gasteiger partial charge is 0.236 e. The average Bonchev–Trinajstić information content (AvgIpc) is 3.17. The first-order chi connectivity index (χ1) is 8.55. The summed E-state index contributed by atoms with van der Waals surface area (Å²) in [5, 5.41) is 13.2. The Morgan fingerprint density at radius 3 is 2.47 bits per heavy atom. The highest BCUT2D eigenvalue weighted by molar-refractivity contribution is 5.85. The third-order valence-electron chi connectivity index (χ3n) is 3.62.